The highest BCUT2D eigenvalue weighted by Gasteiger charge is 2.30. The fraction of sp³-hybridized carbons (Fsp3) is 0.662. The van der Waals surface area contributed by atoms with E-state index in [0.717, 1.165) is 173 Å². The summed E-state index contributed by atoms with van der Waals surface area (Å²) in [6.45, 7) is 4.40. The van der Waals surface area contributed by atoms with Crippen molar-refractivity contribution in [1.29, 1.82) is 0 Å². The van der Waals surface area contributed by atoms with Crippen LogP contribution in [0.15, 0.2) is 134 Å². The summed E-state index contributed by atoms with van der Waals surface area (Å²) in [5, 5.41) is 10.6. The number of allylic oxidation sites excluding steroid dienone is 22. The lowest BCUT2D eigenvalue weighted by Gasteiger charge is -2.21. The molecule has 0 saturated carbocycles. The Bertz CT molecular complexity index is 2350. The molecule has 0 aliphatic heterocycles. The Labute approximate surface area is 580 Å². The molecule has 0 fully saturated rings. The molecule has 17 nitrogen and oxygen atoms in total. The number of carbonyl (C=O) groups is 4. The van der Waals surface area contributed by atoms with Gasteiger partial charge in [0, 0.05) is 25.7 Å². The van der Waals surface area contributed by atoms with Gasteiger partial charge in [-0.15, -0.1) is 0 Å². The summed E-state index contributed by atoms with van der Waals surface area (Å²) in [4.78, 5) is 72.6. The summed E-state index contributed by atoms with van der Waals surface area (Å²) in [5.41, 5.74) is 0. The van der Waals surface area contributed by atoms with Gasteiger partial charge in [0.1, 0.15) is 19.3 Å². The lowest BCUT2D eigenvalue weighted by Crippen LogP contribution is -2.30. The number of esters is 4. The largest absolute Gasteiger partial charge is 0.472 e. The van der Waals surface area contributed by atoms with Gasteiger partial charge in [0.05, 0.1) is 26.4 Å². The molecule has 0 aromatic rings. The maximum absolute atomic E-state index is 13.0. The zero-order valence-corrected chi connectivity index (χ0v) is 61.3. The summed E-state index contributed by atoms with van der Waals surface area (Å²) < 4.78 is 68.2. The Morgan fingerprint density at radius 2 is 0.573 bits per heavy atom. The van der Waals surface area contributed by atoms with Crippen molar-refractivity contribution in [2.45, 2.75) is 290 Å². The number of hydrogen-bond donors (Lipinski definition) is 3. The molecule has 96 heavy (non-hydrogen) atoms. The highest BCUT2D eigenvalue weighted by Crippen LogP contribution is 2.45. The molecular weight excluding hydrogens is 1260 g/mol. The first-order valence-corrected chi connectivity index (χ1v) is 39.4. The molecule has 0 rings (SSSR count). The van der Waals surface area contributed by atoms with E-state index >= 15 is 0 Å². The SMILES string of the molecule is CC/C=C\C/C=C\C/C=C\C/C=C\C/C=C\CCCC(=O)OCC(COP(=O)(O)OCC(O)COP(=O)(O)OCC(COC(=O)CCCCCCC/C=C\C/C=C\C/C=C\CC)OC(=O)CCCCCCC/C=C\C/C=C\CCC)OC(=O)CCCCCCC/C=C\CCCC. The maximum atomic E-state index is 13.0. The first-order valence-electron chi connectivity index (χ1n) is 36.4. The van der Waals surface area contributed by atoms with Gasteiger partial charge in [0.25, 0.3) is 0 Å². The zero-order valence-electron chi connectivity index (χ0n) is 59.5. The fourth-order valence-corrected chi connectivity index (χ4v) is 10.6. The number of phosphoric acid groups is 2. The molecule has 0 aliphatic rings. The van der Waals surface area contributed by atoms with Crippen LogP contribution in [0, 0.1) is 0 Å². The second-order valence-electron chi connectivity index (χ2n) is 23.8. The van der Waals surface area contributed by atoms with E-state index in [1.807, 2.05) is 12.2 Å². The molecule has 0 aromatic carbocycles. The maximum Gasteiger partial charge on any atom is 0.472 e. The number of rotatable bonds is 67. The standard InChI is InChI=1S/C77H128O17P2/c1-5-9-13-17-21-25-29-32-34-35-37-40-43-46-50-54-58-62-75(80)87-67-72(93-76(81)63-59-55-51-47-41-28-24-20-16-12-8-4)69-91-95(83,84)89-65-71(78)66-90-96(85,86)92-70-73(94-77(82)64-60-56-52-48-44-38-31-27-23-19-15-11-7-3)68-88-74(79)61-57-53-49-45-42-39-36-33-30-26-22-18-14-10-6-2/h9-10,13-15,19-22,24-27,31-34,36-37,40,46,50,71-73,78H,5-8,11-12,16-18,23,28-30,35,38-39,41-45,47-49,51-70H2,1-4H3,(H,83,84)(H,85,86)/b13-9-,14-10-,19-15-,24-20-,25-21-,26-22-,31-27-,34-32-,36-33-,40-37-,50-46-. The number of hydrogen-bond acceptors (Lipinski definition) is 15. The smallest absolute Gasteiger partial charge is 0.462 e. The van der Waals surface area contributed by atoms with E-state index < -0.39 is 97.5 Å². The van der Waals surface area contributed by atoms with E-state index in [2.05, 4.69) is 149 Å². The number of aliphatic hydroxyl groups is 1. The average Bonchev–Trinajstić information content (AvgIpc) is 1.13. The van der Waals surface area contributed by atoms with Crippen molar-refractivity contribution in [3.05, 3.63) is 134 Å². The van der Waals surface area contributed by atoms with Gasteiger partial charge >= 0.3 is 39.5 Å². The van der Waals surface area contributed by atoms with Crippen molar-refractivity contribution in [3.8, 4) is 0 Å². The second-order valence-corrected chi connectivity index (χ2v) is 26.7. The third-order valence-corrected chi connectivity index (χ3v) is 16.5. The Morgan fingerprint density at radius 3 is 0.927 bits per heavy atom. The molecule has 0 amide bonds. The van der Waals surface area contributed by atoms with E-state index in [9.17, 15) is 43.2 Å². The molecule has 0 aromatic heterocycles. The van der Waals surface area contributed by atoms with Crippen molar-refractivity contribution < 1.29 is 80.2 Å². The Hall–Kier alpha value is -4.80. The summed E-state index contributed by atoms with van der Waals surface area (Å²) >= 11 is 0. The molecule has 0 radical (unpaired) electrons. The average molecular weight is 1390 g/mol. The van der Waals surface area contributed by atoms with Crippen molar-refractivity contribution in [2.75, 3.05) is 39.6 Å². The minimum absolute atomic E-state index is 0.0685. The van der Waals surface area contributed by atoms with E-state index in [4.69, 9.17) is 37.0 Å². The van der Waals surface area contributed by atoms with Crippen LogP contribution in [0.2, 0.25) is 0 Å². The molecule has 5 unspecified atom stereocenters. The van der Waals surface area contributed by atoms with Gasteiger partial charge < -0.3 is 33.8 Å². The molecule has 19 heteroatoms. The van der Waals surface area contributed by atoms with Gasteiger partial charge in [-0.1, -0.05) is 238 Å². The number of aliphatic hydroxyl groups excluding tert-OH is 1. The minimum Gasteiger partial charge on any atom is -0.462 e. The summed E-state index contributed by atoms with van der Waals surface area (Å²) in [6.07, 6.45) is 74.7. The Kier molecular flexibility index (Phi) is 65.3. The van der Waals surface area contributed by atoms with Crippen molar-refractivity contribution in [1.82, 2.24) is 0 Å². The molecular formula is C77H128O17P2. The van der Waals surface area contributed by atoms with Crippen LogP contribution < -0.4 is 0 Å². The third-order valence-electron chi connectivity index (χ3n) is 14.6. The molecule has 0 bridgehead atoms. The van der Waals surface area contributed by atoms with Gasteiger partial charge in [0.2, 0.25) is 0 Å². The van der Waals surface area contributed by atoms with Gasteiger partial charge in [-0.25, -0.2) is 9.13 Å². The topological polar surface area (TPSA) is 237 Å². The fourth-order valence-electron chi connectivity index (χ4n) is 9.05. The minimum atomic E-state index is -4.99. The first-order chi connectivity index (χ1) is 46.7. The molecule has 548 valence electrons. The monoisotopic (exact) mass is 1390 g/mol. The van der Waals surface area contributed by atoms with E-state index in [0.29, 0.717) is 32.1 Å². The van der Waals surface area contributed by atoms with Crippen LogP contribution in [-0.4, -0.2) is 96.7 Å². The molecule has 5 atom stereocenters. The van der Waals surface area contributed by atoms with Crippen LogP contribution in [0.5, 0.6) is 0 Å². The number of ether oxygens (including phenoxy) is 4. The predicted octanol–water partition coefficient (Wildman–Crippen LogP) is 20.5. The van der Waals surface area contributed by atoms with E-state index in [1.54, 1.807) is 0 Å². The normalized spacial score (nSPS) is 14.8. The predicted molar refractivity (Wildman–Crippen MR) is 390 cm³/mol. The Morgan fingerprint density at radius 1 is 0.302 bits per heavy atom. The summed E-state index contributed by atoms with van der Waals surface area (Å²) in [6, 6.07) is 0. The third kappa shape index (κ3) is 67.8. The molecule has 0 heterocycles. The van der Waals surface area contributed by atoms with Gasteiger partial charge in [0.15, 0.2) is 12.2 Å². The number of phosphoric ester groups is 2. The van der Waals surface area contributed by atoms with Crippen LogP contribution in [0.3, 0.4) is 0 Å². The summed E-state index contributed by atoms with van der Waals surface area (Å²) in [5.74, 6) is -2.30. The van der Waals surface area contributed by atoms with Gasteiger partial charge in [-0.05, 0) is 141 Å². The van der Waals surface area contributed by atoms with E-state index in [-0.39, 0.29) is 25.7 Å². The lowest BCUT2D eigenvalue weighted by molar-refractivity contribution is -0.161. The lowest BCUT2D eigenvalue weighted by atomic mass is 10.1. The van der Waals surface area contributed by atoms with Crippen molar-refractivity contribution >= 4 is 39.5 Å². The van der Waals surface area contributed by atoms with Gasteiger partial charge in [-0.3, -0.25) is 37.3 Å². The van der Waals surface area contributed by atoms with Crippen molar-refractivity contribution in [3.63, 3.8) is 0 Å². The second kappa shape index (κ2) is 68.7. The molecule has 3 N–H and O–H groups in total. The van der Waals surface area contributed by atoms with Crippen molar-refractivity contribution in [2.24, 2.45) is 0 Å². The van der Waals surface area contributed by atoms with Gasteiger partial charge in [-0.2, -0.15) is 0 Å². The van der Waals surface area contributed by atoms with Crippen LogP contribution in [0.4, 0.5) is 0 Å². The highest BCUT2D eigenvalue weighted by atomic mass is 31.2. The van der Waals surface area contributed by atoms with E-state index in [1.165, 1.54) is 12.8 Å². The molecule has 0 spiro atoms. The molecule has 0 saturated heterocycles. The first kappa shape index (κ1) is 91.2. The Balaban J connectivity index is 5.39. The summed E-state index contributed by atoms with van der Waals surface area (Å²) in [7, 11) is -9.97. The number of unbranched alkanes of at least 4 members (excludes halogenated alkanes) is 19. The quantitative estimate of drug-likeness (QED) is 0.0169. The number of carbonyl (C=O) groups excluding carboxylic acids is 4. The zero-order chi connectivity index (χ0) is 70.4. The molecule has 0 aliphatic carbocycles. The van der Waals surface area contributed by atoms with Crippen LogP contribution >= 0.6 is 15.6 Å². The highest BCUT2D eigenvalue weighted by molar-refractivity contribution is 7.47. The van der Waals surface area contributed by atoms with Crippen LogP contribution in [0.25, 0.3) is 0 Å². The van der Waals surface area contributed by atoms with Crippen LogP contribution in [0.1, 0.15) is 272 Å². The van der Waals surface area contributed by atoms with Crippen LogP contribution in [-0.2, 0) is 65.4 Å².